The zero-order chi connectivity index (χ0) is 27.8. The highest BCUT2D eigenvalue weighted by atomic mass is 35.5. The van der Waals surface area contributed by atoms with Crippen molar-refractivity contribution < 1.29 is 37.7 Å². The standard InChI is InChI=1S/C21H22Cl2F3N3O4.C2H4O2/c22-17-2-1-14(7-18(17)23)33-13-3-5-29(6-4-13)11-12(30)9-28-20(32)15-10-27-19(31)8-16(15)21(24,25)26;1-2(3)4/h1-2,7-8,10,12-13,30H,3-6,9,11H2,(H,27,31)(H,28,32);1H3,(H,3,4)/t12-;/m1./s1. The predicted octanol–water partition coefficient (Wildman–Crippen LogP) is 3.43. The number of aliphatic carboxylic acids is 1. The number of nitrogens with zero attached hydrogens (tertiary/aromatic N) is 1. The van der Waals surface area contributed by atoms with Crippen molar-refractivity contribution in [2.24, 2.45) is 0 Å². The van der Waals surface area contributed by atoms with E-state index in [1.54, 1.807) is 18.2 Å². The van der Waals surface area contributed by atoms with Crippen LogP contribution in [0, 0.1) is 0 Å². The summed E-state index contributed by atoms with van der Waals surface area (Å²) in [6.07, 6.45) is -3.76. The number of halogens is 5. The van der Waals surface area contributed by atoms with Crippen LogP contribution in [-0.4, -0.2) is 70.4 Å². The summed E-state index contributed by atoms with van der Waals surface area (Å²) in [5.41, 5.74) is -3.01. The molecule has 1 aromatic heterocycles. The molecule has 2 aromatic rings. The average Bonchev–Trinajstić information content (AvgIpc) is 2.80. The number of aromatic nitrogens is 1. The molecule has 1 aromatic carbocycles. The number of β-amino-alcohol motifs (C(OH)–C–C–N with tert-alkyl or cyclic N) is 1. The van der Waals surface area contributed by atoms with E-state index in [4.69, 9.17) is 37.8 Å². The van der Waals surface area contributed by atoms with E-state index in [2.05, 4.69) is 10.3 Å². The minimum absolute atomic E-state index is 0.0311. The molecule has 14 heteroatoms. The number of likely N-dealkylation sites (tertiary alicyclic amines) is 1. The lowest BCUT2D eigenvalue weighted by molar-refractivity contribution is -0.138. The molecule has 2 heterocycles. The number of aromatic amines is 1. The molecule has 4 N–H and O–H groups in total. The van der Waals surface area contributed by atoms with E-state index in [9.17, 15) is 27.9 Å². The van der Waals surface area contributed by atoms with Crippen molar-refractivity contribution >= 4 is 35.1 Å². The molecule has 0 unspecified atom stereocenters. The largest absolute Gasteiger partial charge is 0.490 e. The van der Waals surface area contributed by atoms with E-state index >= 15 is 0 Å². The number of ether oxygens (including phenoxy) is 1. The number of aliphatic hydroxyl groups excluding tert-OH is 1. The number of hydrogen-bond acceptors (Lipinski definition) is 6. The quantitative estimate of drug-likeness (QED) is 0.403. The smallest absolute Gasteiger partial charge is 0.417 e. The number of H-pyrrole nitrogens is 1. The van der Waals surface area contributed by atoms with E-state index in [1.165, 1.54) is 0 Å². The van der Waals surface area contributed by atoms with Gasteiger partial charge in [0, 0.05) is 51.4 Å². The molecule has 37 heavy (non-hydrogen) atoms. The number of benzene rings is 1. The van der Waals surface area contributed by atoms with Crippen LogP contribution >= 0.6 is 23.2 Å². The summed E-state index contributed by atoms with van der Waals surface area (Å²) in [6, 6.07) is 5.37. The molecule has 1 aliphatic rings. The molecule has 0 radical (unpaired) electrons. The molecule has 1 fully saturated rings. The first-order chi connectivity index (χ1) is 17.3. The van der Waals surface area contributed by atoms with Crippen LogP contribution < -0.4 is 15.6 Å². The number of alkyl halides is 3. The number of carbonyl (C=O) groups is 2. The van der Waals surface area contributed by atoms with Gasteiger partial charge in [-0.3, -0.25) is 14.4 Å². The minimum atomic E-state index is -4.86. The zero-order valence-corrected chi connectivity index (χ0v) is 21.2. The Hall–Kier alpha value is -2.80. The van der Waals surface area contributed by atoms with Gasteiger partial charge in [0.2, 0.25) is 5.56 Å². The van der Waals surface area contributed by atoms with E-state index in [0.717, 1.165) is 6.92 Å². The molecule has 0 aliphatic carbocycles. The van der Waals surface area contributed by atoms with Crippen LogP contribution in [0.3, 0.4) is 0 Å². The highest BCUT2D eigenvalue weighted by molar-refractivity contribution is 6.42. The number of aliphatic hydroxyl groups is 1. The Labute approximate surface area is 220 Å². The Morgan fingerprint density at radius 1 is 1.22 bits per heavy atom. The molecule has 1 amide bonds. The number of carboxylic acid groups (broad SMARTS) is 1. The number of carbonyl (C=O) groups excluding carboxylic acids is 1. The third kappa shape index (κ3) is 10.2. The lowest BCUT2D eigenvalue weighted by atomic mass is 10.1. The monoisotopic (exact) mass is 567 g/mol. The van der Waals surface area contributed by atoms with E-state index < -0.39 is 40.8 Å². The Bertz CT molecular complexity index is 1130. The Morgan fingerprint density at radius 2 is 1.84 bits per heavy atom. The number of hydrogen-bond donors (Lipinski definition) is 4. The van der Waals surface area contributed by atoms with E-state index in [0.29, 0.717) is 54.0 Å². The predicted molar refractivity (Wildman–Crippen MR) is 130 cm³/mol. The van der Waals surface area contributed by atoms with Crippen LogP contribution in [0.15, 0.2) is 35.3 Å². The third-order valence-electron chi connectivity index (χ3n) is 5.17. The minimum Gasteiger partial charge on any atom is -0.490 e. The van der Waals surface area contributed by atoms with Crippen molar-refractivity contribution in [1.82, 2.24) is 15.2 Å². The molecule has 1 saturated heterocycles. The SMILES string of the molecule is CC(=O)O.O=C(NC[C@@H](O)CN1CCC(Oc2ccc(Cl)c(Cl)c2)CC1)c1c[nH]c(=O)cc1C(F)(F)F. The molecule has 9 nitrogen and oxygen atoms in total. The third-order valence-corrected chi connectivity index (χ3v) is 5.91. The molecular formula is C23H26Cl2F3N3O6. The topological polar surface area (TPSA) is 132 Å². The lowest BCUT2D eigenvalue weighted by Gasteiger charge is -2.33. The van der Waals surface area contributed by atoms with Crippen LogP contribution in [0.25, 0.3) is 0 Å². The summed E-state index contributed by atoms with van der Waals surface area (Å²) in [5, 5.41) is 20.8. The average molecular weight is 568 g/mol. The van der Waals surface area contributed by atoms with Gasteiger partial charge in [-0.25, -0.2) is 0 Å². The number of pyridine rings is 1. The molecule has 0 spiro atoms. The Morgan fingerprint density at radius 3 is 2.41 bits per heavy atom. The fourth-order valence-electron chi connectivity index (χ4n) is 3.51. The van der Waals surface area contributed by atoms with Crippen LogP contribution in [-0.2, 0) is 11.0 Å². The fraction of sp³-hybridized carbons (Fsp3) is 0.435. The molecular weight excluding hydrogens is 542 g/mol. The van der Waals surface area contributed by atoms with Crippen molar-refractivity contribution in [1.29, 1.82) is 0 Å². The summed E-state index contributed by atoms with van der Waals surface area (Å²) in [5.74, 6) is -1.25. The van der Waals surface area contributed by atoms with Gasteiger partial charge in [0.15, 0.2) is 0 Å². The molecule has 0 saturated carbocycles. The van der Waals surface area contributed by atoms with E-state index in [-0.39, 0.29) is 19.2 Å². The van der Waals surface area contributed by atoms with Crippen LogP contribution in [0.4, 0.5) is 13.2 Å². The van der Waals surface area contributed by atoms with Crippen molar-refractivity contribution in [3.05, 3.63) is 62.0 Å². The number of carboxylic acids is 1. The van der Waals surface area contributed by atoms with Gasteiger partial charge >= 0.3 is 6.18 Å². The van der Waals surface area contributed by atoms with Crippen LogP contribution in [0.5, 0.6) is 5.75 Å². The highest BCUT2D eigenvalue weighted by Crippen LogP contribution is 2.31. The number of piperidine rings is 1. The normalized spacial score (nSPS) is 15.3. The fourth-order valence-corrected chi connectivity index (χ4v) is 3.80. The number of nitrogens with one attached hydrogen (secondary N) is 2. The summed E-state index contributed by atoms with van der Waals surface area (Å²) in [7, 11) is 0. The second-order valence-electron chi connectivity index (χ2n) is 8.20. The zero-order valence-electron chi connectivity index (χ0n) is 19.6. The first kappa shape index (κ1) is 30.4. The van der Waals surface area contributed by atoms with Gasteiger partial charge in [0.05, 0.1) is 27.3 Å². The molecule has 3 rings (SSSR count). The second kappa shape index (κ2) is 13.7. The van der Waals surface area contributed by atoms with Crippen LogP contribution in [0.2, 0.25) is 10.0 Å². The van der Waals surface area contributed by atoms with Crippen molar-refractivity contribution in [2.45, 2.75) is 38.1 Å². The number of rotatable bonds is 7. The van der Waals surface area contributed by atoms with Crippen molar-refractivity contribution in [3.63, 3.8) is 0 Å². The summed E-state index contributed by atoms with van der Waals surface area (Å²) in [4.78, 5) is 36.4. The summed E-state index contributed by atoms with van der Waals surface area (Å²) >= 11 is 11.9. The maximum atomic E-state index is 13.1. The molecule has 1 atom stereocenters. The van der Waals surface area contributed by atoms with Crippen molar-refractivity contribution in [2.75, 3.05) is 26.2 Å². The summed E-state index contributed by atoms with van der Waals surface area (Å²) in [6.45, 7) is 2.34. The first-order valence-electron chi connectivity index (χ1n) is 11.1. The highest BCUT2D eigenvalue weighted by Gasteiger charge is 2.36. The van der Waals surface area contributed by atoms with Crippen LogP contribution in [0.1, 0.15) is 35.7 Å². The Balaban J connectivity index is 0.00000112. The number of amides is 1. The van der Waals surface area contributed by atoms with Gasteiger partial charge in [0.25, 0.3) is 11.9 Å². The summed E-state index contributed by atoms with van der Waals surface area (Å²) < 4.78 is 45.2. The Kier molecular flexibility index (Phi) is 11.2. The molecule has 204 valence electrons. The second-order valence-corrected chi connectivity index (χ2v) is 9.01. The molecule has 0 bridgehead atoms. The van der Waals surface area contributed by atoms with Gasteiger partial charge < -0.3 is 30.2 Å². The maximum Gasteiger partial charge on any atom is 0.417 e. The van der Waals surface area contributed by atoms with Gasteiger partial charge in [-0.1, -0.05) is 23.2 Å². The van der Waals surface area contributed by atoms with E-state index in [1.807, 2.05) is 4.90 Å². The van der Waals surface area contributed by atoms with Gasteiger partial charge in [0.1, 0.15) is 11.9 Å². The van der Waals surface area contributed by atoms with Gasteiger partial charge in [-0.2, -0.15) is 13.2 Å². The maximum absolute atomic E-state index is 13.1. The van der Waals surface area contributed by atoms with Gasteiger partial charge in [-0.15, -0.1) is 0 Å². The first-order valence-corrected chi connectivity index (χ1v) is 11.8. The molecule has 1 aliphatic heterocycles. The lowest BCUT2D eigenvalue weighted by Crippen LogP contribution is -2.45. The van der Waals surface area contributed by atoms with Gasteiger partial charge in [-0.05, 0) is 25.0 Å². The van der Waals surface area contributed by atoms with Crippen molar-refractivity contribution in [3.8, 4) is 5.75 Å².